The Balaban J connectivity index is 1.20. The number of aromatic hydroxyl groups is 1. The van der Waals surface area contributed by atoms with Crippen molar-refractivity contribution in [3.63, 3.8) is 0 Å². The van der Waals surface area contributed by atoms with Crippen molar-refractivity contribution in [2.75, 3.05) is 25.0 Å². The smallest absolute Gasteiger partial charge is 0.233 e. The fourth-order valence-corrected chi connectivity index (χ4v) is 5.71. The van der Waals surface area contributed by atoms with Crippen LogP contribution in [-0.2, 0) is 10.2 Å². The van der Waals surface area contributed by atoms with Gasteiger partial charge in [0.25, 0.3) is 0 Å². The van der Waals surface area contributed by atoms with E-state index >= 15 is 0 Å². The lowest BCUT2D eigenvalue weighted by Gasteiger charge is -2.35. The number of amides is 1. The molecular weight excluding hydrogens is 518 g/mol. The summed E-state index contributed by atoms with van der Waals surface area (Å²) in [5.41, 5.74) is 2.85. The van der Waals surface area contributed by atoms with E-state index in [1.54, 1.807) is 22.8 Å². The number of hydrogen-bond acceptors (Lipinski definition) is 5. The molecule has 1 saturated heterocycles. The van der Waals surface area contributed by atoms with Gasteiger partial charge in [0.15, 0.2) is 5.65 Å². The van der Waals surface area contributed by atoms with E-state index in [4.69, 9.17) is 4.98 Å². The normalized spacial score (nSPS) is 18.8. The second kappa shape index (κ2) is 9.24. The molecule has 184 valence electrons. The lowest BCUT2D eigenvalue weighted by molar-refractivity contribution is -0.135. The molecule has 0 spiro atoms. The summed E-state index contributed by atoms with van der Waals surface area (Å²) >= 11 is 3.54. The summed E-state index contributed by atoms with van der Waals surface area (Å²) in [7, 11) is 0. The summed E-state index contributed by atoms with van der Waals surface area (Å²) in [5, 5.41) is 18.4. The maximum absolute atomic E-state index is 13.6. The number of piperidine rings is 1. The van der Waals surface area contributed by atoms with E-state index in [0.717, 1.165) is 61.2 Å². The fourth-order valence-electron chi connectivity index (χ4n) is 5.37. The highest BCUT2D eigenvalue weighted by molar-refractivity contribution is 9.10. The van der Waals surface area contributed by atoms with Crippen LogP contribution in [0.4, 0.5) is 5.82 Å². The van der Waals surface area contributed by atoms with Gasteiger partial charge in [-0.1, -0.05) is 42.5 Å². The molecule has 1 atom stereocenters. The minimum absolute atomic E-state index is 0.185. The summed E-state index contributed by atoms with van der Waals surface area (Å²) in [4.78, 5) is 20.4. The zero-order chi connectivity index (χ0) is 24.7. The maximum Gasteiger partial charge on any atom is 0.233 e. The van der Waals surface area contributed by atoms with Crippen LogP contribution in [0.15, 0.2) is 71.3 Å². The Morgan fingerprint density at radius 1 is 1.14 bits per heavy atom. The molecule has 2 aromatic heterocycles. The van der Waals surface area contributed by atoms with Crippen molar-refractivity contribution in [1.29, 1.82) is 0 Å². The molecule has 2 aliphatic rings. The minimum atomic E-state index is -0.318. The van der Waals surface area contributed by atoms with E-state index in [2.05, 4.69) is 43.4 Å². The molecule has 0 bridgehead atoms. The number of benzene rings is 2. The van der Waals surface area contributed by atoms with Crippen molar-refractivity contribution in [3.8, 4) is 17.0 Å². The average molecular weight is 546 g/mol. The number of carbonyl (C=O) groups excluding carboxylic acids is 1. The number of anilines is 1. The summed E-state index contributed by atoms with van der Waals surface area (Å²) in [5.74, 6) is 1.60. The van der Waals surface area contributed by atoms with Gasteiger partial charge in [-0.25, -0.2) is 4.98 Å². The van der Waals surface area contributed by atoms with Gasteiger partial charge in [-0.15, -0.1) is 0 Å². The van der Waals surface area contributed by atoms with Crippen molar-refractivity contribution in [3.05, 3.63) is 76.9 Å². The van der Waals surface area contributed by atoms with Gasteiger partial charge in [0.05, 0.1) is 21.8 Å². The van der Waals surface area contributed by atoms with E-state index in [-0.39, 0.29) is 17.1 Å². The zero-order valence-corrected chi connectivity index (χ0v) is 21.5. The molecule has 1 aliphatic heterocycles. The summed E-state index contributed by atoms with van der Waals surface area (Å²) in [6.45, 7) is 2.30. The van der Waals surface area contributed by atoms with E-state index in [0.29, 0.717) is 22.8 Å². The molecule has 1 aliphatic carbocycles. The molecule has 2 fully saturated rings. The number of hydrogen-bond donors (Lipinski definition) is 2. The van der Waals surface area contributed by atoms with Gasteiger partial charge in [0.1, 0.15) is 11.6 Å². The highest BCUT2D eigenvalue weighted by atomic mass is 79.9. The molecule has 1 amide bonds. The third-order valence-electron chi connectivity index (χ3n) is 7.47. The molecule has 4 aromatic rings. The number of carbonyl (C=O) groups is 1. The third-order valence-corrected chi connectivity index (χ3v) is 8.03. The first-order chi connectivity index (χ1) is 17.5. The van der Waals surface area contributed by atoms with Crippen molar-refractivity contribution >= 4 is 33.3 Å². The second-order valence-corrected chi connectivity index (χ2v) is 10.7. The highest BCUT2D eigenvalue weighted by Crippen LogP contribution is 2.50. The number of para-hydroxylation sites is 1. The minimum Gasteiger partial charge on any atom is -0.507 e. The molecule has 36 heavy (non-hydrogen) atoms. The Labute approximate surface area is 218 Å². The lowest BCUT2D eigenvalue weighted by Crippen LogP contribution is -2.46. The summed E-state index contributed by atoms with van der Waals surface area (Å²) in [6.07, 6.45) is 5.67. The van der Waals surface area contributed by atoms with Crippen LogP contribution in [0.1, 0.15) is 31.2 Å². The van der Waals surface area contributed by atoms with Gasteiger partial charge in [-0.05, 0) is 65.2 Å². The van der Waals surface area contributed by atoms with Crippen LogP contribution in [0.2, 0.25) is 0 Å². The SMILES string of the molecule is O=C(N1CCCC(CNc2cc(-c3ccccc3O)nc3c(Br)cnn23)C1)C1(c2ccccc2)CC1. The first-order valence-corrected chi connectivity index (χ1v) is 13.3. The van der Waals surface area contributed by atoms with Crippen molar-refractivity contribution < 1.29 is 9.90 Å². The zero-order valence-electron chi connectivity index (χ0n) is 19.9. The number of rotatable bonds is 6. The van der Waals surface area contributed by atoms with Crippen LogP contribution in [-0.4, -0.2) is 50.1 Å². The fraction of sp³-hybridized carbons (Fsp3) is 0.321. The first kappa shape index (κ1) is 23.0. The second-order valence-electron chi connectivity index (χ2n) is 9.86. The van der Waals surface area contributed by atoms with Gasteiger partial charge in [0.2, 0.25) is 5.91 Å². The van der Waals surface area contributed by atoms with E-state index in [1.807, 2.05) is 36.4 Å². The lowest BCUT2D eigenvalue weighted by atomic mass is 9.91. The van der Waals surface area contributed by atoms with Crippen molar-refractivity contribution in [2.45, 2.75) is 31.1 Å². The van der Waals surface area contributed by atoms with E-state index in [9.17, 15) is 9.90 Å². The molecule has 8 heteroatoms. The van der Waals surface area contributed by atoms with E-state index in [1.165, 1.54) is 0 Å². The number of phenolic OH excluding ortho intramolecular Hbond substituents is 1. The van der Waals surface area contributed by atoms with Crippen LogP contribution >= 0.6 is 15.9 Å². The van der Waals surface area contributed by atoms with Gasteiger partial charge < -0.3 is 15.3 Å². The molecule has 1 saturated carbocycles. The molecular formula is C28H28BrN5O2. The van der Waals surface area contributed by atoms with Crippen LogP contribution in [0.5, 0.6) is 5.75 Å². The van der Waals surface area contributed by atoms with Crippen LogP contribution < -0.4 is 5.32 Å². The molecule has 2 aromatic carbocycles. The molecule has 2 N–H and O–H groups in total. The van der Waals surface area contributed by atoms with Gasteiger partial charge in [0, 0.05) is 31.3 Å². The predicted octanol–water partition coefficient (Wildman–Crippen LogP) is 5.25. The number of nitrogens with zero attached hydrogens (tertiary/aromatic N) is 4. The standard InChI is InChI=1S/C28H28BrN5O2/c29-22-17-31-34-25(15-23(32-26(22)34)21-10-4-5-11-24(21)35)30-16-19-7-6-14-33(18-19)27(36)28(12-13-28)20-8-2-1-3-9-20/h1-5,8-11,15,17,19,30,35H,6-7,12-14,16,18H2. The molecule has 7 nitrogen and oxygen atoms in total. The Morgan fingerprint density at radius 2 is 1.92 bits per heavy atom. The largest absolute Gasteiger partial charge is 0.507 e. The maximum atomic E-state index is 13.6. The van der Waals surface area contributed by atoms with Crippen LogP contribution in [0, 0.1) is 5.92 Å². The van der Waals surface area contributed by atoms with Gasteiger partial charge >= 0.3 is 0 Å². The number of phenols is 1. The summed E-state index contributed by atoms with van der Waals surface area (Å²) < 4.78 is 2.56. The summed E-state index contributed by atoms with van der Waals surface area (Å²) in [6, 6.07) is 19.4. The number of aromatic nitrogens is 3. The Morgan fingerprint density at radius 3 is 2.69 bits per heavy atom. The highest BCUT2D eigenvalue weighted by Gasteiger charge is 2.53. The topological polar surface area (TPSA) is 82.8 Å². The third kappa shape index (κ3) is 4.13. The number of fused-ring (bicyclic) bond motifs is 1. The average Bonchev–Trinajstić information content (AvgIpc) is 3.65. The number of likely N-dealkylation sites (tertiary alicyclic amines) is 1. The predicted molar refractivity (Wildman–Crippen MR) is 143 cm³/mol. The molecule has 0 radical (unpaired) electrons. The Hall–Kier alpha value is -3.39. The van der Waals surface area contributed by atoms with E-state index < -0.39 is 0 Å². The molecule has 1 unspecified atom stereocenters. The molecule has 3 heterocycles. The van der Waals surface area contributed by atoms with Gasteiger partial charge in [-0.2, -0.15) is 9.61 Å². The van der Waals surface area contributed by atoms with Crippen LogP contribution in [0.3, 0.4) is 0 Å². The van der Waals surface area contributed by atoms with Crippen molar-refractivity contribution in [2.24, 2.45) is 5.92 Å². The van der Waals surface area contributed by atoms with Crippen molar-refractivity contribution in [1.82, 2.24) is 19.5 Å². The monoisotopic (exact) mass is 545 g/mol. The van der Waals surface area contributed by atoms with Gasteiger partial charge in [-0.3, -0.25) is 4.79 Å². The Kier molecular flexibility index (Phi) is 5.91. The molecule has 6 rings (SSSR count). The Bertz CT molecular complexity index is 1420. The first-order valence-electron chi connectivity index (χ1n) is 12.5. The quantitative estimate of drug-likeness (QED) is 0.346. The number of halogens is 1. The number of nitrogens with one attached hydrogen (secondary N) is 1. The van der Waals surface area contributed by atoms with Crippen LogP contribution in [0.25, 0.3) is 16.9 Å².